The average Bonchev–Trinajstić information content (AvgIpc) is 2.66. The summed E-state index contributed by atoms with van der Waals surface area (Å²) >= 11 is 0. The number of hydrogen-bond acceptors (Lipinski definition) is 1. The van der Waals surface area contributed by atoms with Crippen LogP contribution in [0, 0.1) is 23.7 Å². The number of benzene rings is 1. The molecule has 1 nitrogen and oxygen atoms in total. The van der Waals surface area contributed by atoms with Crippen LogP contribution in [0.25, 0.3) is 6.08 Å². The van der Waals surface area contributed by atoms with Crippen molar-refractivity contribution in [1.82, 2.24) is 0 Å². The average molecular weight is 254 g/mol. The van der Waals surface area contributed by atoms with Crippen molar-refractivity contribution in [2.24, 2.45) is 16.7 Å². The zero-order valence-electron chi connectivity index (χ0n) is 12.3. The number of carbonyl (C=O) groups is 1. The third kappa shape index (κ3) is 1.57. The lowest BCUT2D eigenvalue weighted by Gasteiger charge is -2.31. The molecule has 2 atom stereocenters. The van der Waals surface area contributed by atoms with Gasteiger partial charge in [0.15, 0.2) is 5.78 Å². The summed E-state index contributed by atoms with van der Waals surface area (Å²) in [5, 5.41) is 0. The van der Waals surface area contributed by atoms with Crippen molar-refractivity contribution in [1.29, 1.82) is 0 Å². The summed E-state index contributed by atoms with van der Waals surface area (Å²) < 4.78 is 0. The first-order valence-electron chi connectivity index (χ1n) is 7.19. The number of fused-ring (bicyclic) bond motifs is 2. The van der Waals surface area contributed by atoms with Crippen LogP contribution in [0.4, 0.5) is 0 Å². The maximum atomic E-state index is 12.7. The summed E-state index contributed by atoms with van der Waals surface area (Å²) in [4.78, 5) is 12.7. The van der Waals surface area contributed by atoms with Gasteiger partial charge in [0.1, 0.15) is 0 Å². The molecule has 0 aliphatic heterocycles. The molecule has 2 aliphatic rings. The molecule has 1 aromatic carbocycles. The van der Waals surface area contributed by atoms with Gasteiger partial charge in [-0.15, -0.1) is 0 Å². The molecule has 0 heterocycles. The smallest absolute Gasteiger partial charge is 0.165 e. The van der Waals surface area contributed by atoms with Crippen LogP contribution < -0.4 is 0 Å². The largest absolute Gasteiger partial charge is 0.294 e. The monoisotopic (exact) mass is 254 g/mol. The van der Waals surface area contributed by atoms with Crippen LogP contribution in [0.5, 0.6) is 0 Å². The summed E-state index contributed by atoms with van der Waals surface area (Å²) in [7, 11) is 0. The maximum Gasteiger partial charge on any atom is 0.165 e. The lowest BCUT2D eigenvalue weighted by molar-refractivity contribution is -0.125. The molecular formula is C18H22O. The Morgan fingerprint density at radius 1 is 1.16 bits per heavy atom. The highest BCUT2D eigenvalue weighted by molar-refractivity contribution is 6.07. The Bertz CT molecular complexity index is 562. The van der Waals surface area contributed by atoms with Gasteiger partial charge in [-0.1, -0.05) is 50.6 Å². The quantitative estimate of drug-likeness (QED) is 0.679. The van der Waals surface area contributed by atoms with E-state index in [2.05, 4.69) is 58.0 Å². The van der Waals surface area contributed by atoms with E-state index in [4.69, 9.17) is 0 Å². The molecule has 0 unspecified atom stereocenters. The second-order valence-corrected chi connectivity index (χ2v) is 6.98. The van der Waals surface area contributed by atoms with E-state index in [1.165, 1.54) is 5.56 Å². The topological polar surface area (TPSA) is 17.1 Å². The number of carbonyl (C=O) groups excluding carboxylic acids is 1. The van der Waals surface area contributed by atoms with E-state index in [0.717, 1.165) is 24.0 Å². The fourth-order valence-corrected chi connectivity index (χ4v) is 3.94. The minimum Gasteiger partial charge on any atom is -0.294 e. The van der Waals surface area contributed by atoms with E-state index in [0.29, 0.717) is 11.7 Å². The first kappa shape index (κ1) is 12.7. The summed E-state index contributed by atoms with van der Waals surface area (Å²) in [6.07, 6.45) is 4.33. The minimum absolute atomic E-state index is 0.112. The van der Waals surface area contributed by atoms with Gasteiger partial charge in [0.05, 0.1) is 0 Å². The van der Waals surface area contributed by atoms with Gasteiger partial charge >= 0.3 is 0 Å². The zero-order valence-corrected chi connectivity index (χ0v) is 12.3. The highest BCUT2D eigenvalue weighted by atomic mass is 16.1. The molecule has 0 spiro atoms. The number of Topliss-reactive ketones (excluding diaryl/α,β-unsaturated/α-hetero) is 1. The molecule has 3 rings (SSSR count). The minimum atomic E-state index is -0.145. The number of ketones is 1. The number of hydrogen-bond donors (Lipinski definition) is 0. The van der Waals surface area contributed by atoms with E-state index in [-0.39, 0.29) is 10.8 Å². The number of aryl methyl sites for hydroxylation is 1. The second-order valence-electron chi connectivity index (χ2n) is 6.98. The molecule has 0 N–H and O–H groups in total. The molecule has 0 aromatic heterocycles. The highest BCUT2D eigenvalue weighted by Crippen LogP contribution is 2.65. The van der Waals surface area contributed by atoms with Gasteiger partial charge in [-0.25, -0.2) is 0 Å². The van der Waals surface area contributed by atoms with Crippen LogP contribution >= 0.6 is 0 Å². The predicted molar refractivity (Wildman–Crippen MR) is 78.8 cm³/mol. The van der Waals surface area contributed by atoms with Gasteiger partial charge in [-0.05, 0) is 48.3 Å². The third-order valence-electron chi connectivity index (χ3n) is 5.76. The highest BCUT2D eigenvalue weighted by Gasteiger charge is 2.63. The van der Waals surface area contributed by atoms with Crippen molar-refractivity contribution in [3.63, 3.8) is 0 Å². The zero-order chi connectivity index (χ0) is 13.8. The van der Waals surface area contributed by atoms with E-state index >= 15 is 0 Å². The Labute approximate surface area is 115 Å². The molecule has 19 heavy (non-hydrogen) atoms. The summed E-state index contributed by atoms with van der Waals surface area (Å²) in [5.41, 5.74) is 3.44. The van der Waals surface area contributed by atoms with Crippen LogP contribution in [0.15, 0.2) is 29.8 Å². The van der Waals surface area contributed by atoms with Gasteiger partial charge in [0, 0.05) is 5.41 Å². The van der Waals surface area contributed by atoms with Gasteiger partial charge < -0.3 is 0 Å². The van der Waals surface area contributed by atoms with Crippen molar-refractivity contribution >= 4 is 11.9 Å². The SMILES string of the molecule is Cc1ccc(/C=C2\C(=O)[C@@]3(C)CC[C@@H]2C3(C)C)cc1. The lowest BCUT2D eigenvalue weighted by Crippen LogP contribution is -2.32. The van der Waals surface area contributed by atoms with E-state index in [1.54, 1.807) is 0 Å². The van der Waals surface area contributed by atoms with E-state index < -0.39 is 0 Å². The van der Waals surface area contributed by atoms with E-state index in [1.807, 2.05) is 0 Å². The van der Waals surface area contributed by atoms with Crippen LogP contribution in [0.1, 0.15) is 44.7 Å². The molecular weight excluding hydrogens is 232 g/mol. The summed E-state index contributed by atoms with van der Waals surface area (Å²) in [5.74, 6) is 0.820. The molecule has 2 bridgehead atoms. The first-order chi connectivity index (χ1) is 8.86. The number of allylic oxidation sites excluding steroid dienone is 1. The van der Waals surface area contributed by atoms with Gasteiger partial charge in [0.25, 0.3) is 0 Å². The Morgan fingerprint density at radius 3 is 2.32 bits per heavy atom. The van der Waals surface area contributed by atoms with Crippen molar-refractivity contribution in [3.8, 4) is 0 Å². The van der Waals surface area contributed by atoms with Crippen LogP contribution in [0.2, 0.25) is 0 Å². The molecule has 2 saturated carbocycles. The van der Waals surface area contributed by atoms with Crippen LogP contribution in [0.3, 0.4) is 0 Å². The normalized spacial score (nSPS) is 34.2. The third-order valence-corrected chi connectivity index (χ3v) is 5.76. The van der Waals surface area contributed by atoms with Gasteiger partial charge in [-0.3, -0.25) is 4.79 Å². The predicted octanol–water partition coefficient (Wildman–Crippen LogP) is 4.40. The van der Waals surface area contributed by atoms with Crippen molar-refractivity contribution in [2.45, 2.75) is 40.5 Å². The first-order valence-corrected chi connectivity index (χ1v) is 7.19. The Hall–Kier alpha value is -1.37. The summed E-state index contributed by atoms with van der Waals surface area (Å²) in [6, 6.07) is 8.43. The molecule has 0 radical (unpaired) electrons. The fourth-order valence-electron chi connectivity index (χ4n) is 3.94. The fraction of sp³-hybridized carbons (Fsp3) is 0.500. The standard InChI is InChI=1S/C18H22O/c1-12-5-7-13(8-6-12)11-14-15-9-10-18(4,16(14)19)17(15,2)3/h5-8,11,15H,9-10H2,1-4H3/b14-11-/t15-,18+/m0/s1. The van der Waals surface area contributed by atoms with Crippen LogP contribution in [-0.2, 0) is 4.79 Å². The molecule has 0 saturated heterocycles. The van der Waals surface area contributed by atoms with Gasteiger partial charge in [0.2, 0.25) is 0 Å². The Morgan fingerprint density at radius 2 is 1.79 bits per heavy atom. The molecule has 100 valence electrons. The van der Waals surface area contributed by atoms with Crippen molar-refractivity contribution in [3.05, 3.63) is 41.0 Å². The second kappa shape index (κ2) is 3.82. The van der Waals surface area contributed by atoms with Crippen molar-refractivity contribution < 1.29 is 4.79 Å². The Balaban J connectivity index is 2.04. The maximum absolute atomic E-state index is 12.7. The molecule has 2 fully saturated rings. The molecule has 1 heteroatoms. The molecule has 1 aromatic rings. The Kier molecular flexibility index (Phi) is 2.54. The van der Waals surface area contributed by atoms with Gasteiger partial charge in [-0.2, -0.15) is 0 Å². The van der Waals surface area contributed by atoms with Crippen molar-refractivity contribution in [2.75, 3.05) is 0 Å². The lowest BCUT2D eigenvalue weighted by atomic mass is 9.70. The number of rotatable bonds is 1. The molecule has 0 amide bonds. The van der Waals surface area contributed by atoms with Crippen LogP contribution in [-0.4, -0.2) is 5.78 Å². The van der Waals surface area contributed by atoms with E-state index in [9.17, 15) is 4.79 Å². The molecule has 2 aliphatic carbocycles. The summed E-state index contributed by atoms with van der Waals surface area (Å²) in [6.45, 7) is 8.77.